The third kappa shape index (κ3) is 5.32. The van der Waals surface area contributed by atoms with Crippen molar-refractivity contribution in [3.8, 4) is 0 Å². The highest BCUT2D eigenvalue weighted by atomic mass is 16.5. The smallest absolute Gasteiger partial charge is 0.253 e. The number of hydrogen-bond acceptors (Lipinski definition) is 4. The van der Waals surface area contributed by atoms with Crippen molar-refractivity contribution >= 4 is 11.8 Å². The van der Waals surface area contributed by atoms with Gasteiger partial charge in [-0.05, 0) is 57.7 Å². The fourth-order valence-corrected chi connectivity index (χ4v) is 4.08. The molecule has 1 aromatic carbocycles. The van der Waals surface area contributed by atoms with Crippen LogP contribution in [0.5, 0.6) is 0 Å². The van der Waals surface area contributed by atoms with Crippen molar-refractivity contribution in [2.75, 3.05) is 39.3 Å². The van der Waals surface area contributed by atoms with Crippen LogP contribution in [-0.2, 0) is 9.53 Å². The Hall–Kier alpha value is -1.92. The van der Waals surface area contributed by atoms with E-state index in [2.05, 4.69) is 0 Å². The number of carbonyl (C=O) groups is 2. The zero-order chi connectivity index (χ0) is 19.9. The van der Waals surface area contributed by atoms with E-state index >= 15 is 0 Å². The van der Waals surface area contributed by atoms with Gasteiger partial charge in [0.15, 0.2) is 0 Å². The average Bonchev–Trinajstić information content (AvgIpc) is 2.74. The minimum Gasteiger partial charge on any atom is -0.378 e. The van der Waals surface area contributed by atoms with Gasteiger partial charge in [0.2, 0.25) is 5.91 Å². The van der Waals surface area contributed by atoms with E-state index in [1.54, 1.807) is 0 Å². The first-order valence-electron chi connectivity index (χ1n) is 10.5. The largest absolute Gasteiger partial charge is 0.378 e. The number of carbonyl (C=O) groups excluding carboxylic acids is 2. The Balaban J connectivity index is 1.50. The van der Waals surface area contributed by atoms with Crippen molar-refractivity contribution in [2.45, 2.75) is 45.1 Å². The predicted molar refractivity (Wildman–Crippen MR) is 109 cm³/mol. The molecule has 0 radical (unpaired) electrons. The molecule has 2 heterocycles. The van der Waals surface area contributed by atoms with Crippen LogP contribution in [0.3, 0.4) is 0 Å². The highest BCUT2D eigenvalue weighted by Gasteiger charge is 2.33. The van der Waals surface area contributed by atoms with E-state index < -0.39 is 0 Å². The molecule has 0 aromatic heterocycles. The summed E-state index contributed by atoms with van der Waals surface area (Å²) in [6.45, 7) is 6.11. The minimum absolute atomic E-state index is 0.0320. The summed E-state index contributed by atoms with van der Waals surface area (Å²) in [6, 6.07) is 7.66. The topological polar surface area (TPSA) is 75.9 Å². The Morgan fingerprint density at radius 1 is 1.07 bits per heavy atom. The van der Waals surface area contributed by atoms with Crippen LogP contribution in [0.1, 0.15) is 48.0 Å². The number of benzene rings is 1. The Kier molecular flexibility index (Phi) is 7.45. The van der Waals surface area contributed by atoms with Crippen molar-refractivity contribution in [1.82, 2.24) is 9.80 Å². The second-order valence-corrected chi connectivity index (χ2v) is 7.99. The second-order valence-electron chi connectivity index (χ2n) is 7.99. The Bertz CT molecular complexity index is 653. The molecule has 2 saturated heterocycles. The van der Waals surface area contributed by atoms with Crippen molar-refractivity contribution < 1.29 is 14.3 Å². The summed E-state index contributed by atoms with van der Waals surface area (Å²) >= 11 is 0. The molecule has 154 valence electrons. The first-order chi connectivity index (χ1) is 13.6. The molecule has 6 nitrogen and oxygen atoms in total. The number of aryl methyl sites for hydroxylation is 1. The fraction of sp³-hybridized carbons (Fsp3) is 0.636. The standard InChI is InChI=1S/C22H33N3O3/c1-17-5-7-18(8-6-17)21(26)25-12-2-4-19(16-25)22(27)24-13-9-20(10-14-24)28-15-3-11-23/h5-8,19-20H,2-4,9-16,23H2,1H3. The van der Waals surface area contributed by atoms with Gasteiger partial charge < -0.3 is 20.3 Å². The van der Waals surface area contributed by atoms with Crippen LogP contribution >= 0.6 is 0 Å². The lowest BCUT2D eigenvalue weighted by Gasteiger charge is -2.37. The lowest BCUT2D eigenvalue weighted by molar-refractivity contribution is -0.139. The number of rotatable bonds is 6. The molecule has 2 aliphatic heterocycles. The molecule has 0 bridgehead atoms. The minimum atomic E-state index is -0.0853. The molecular weight excluding hydrogens is 354 g/mol. The van der Waals surface area contributed by atoms with E-state index in [0.717, 1.165) is 57.3 Å². The zero-order valence-corrected chi connectivity index (χ0v) is 16.9. The first-order valence-corrected chi connectivity index (χ1v) is 10.5. The predicted octanol–water partition coefficient (Wildman–Crippen LogP) is 2.20. The van der Waals surface area contributed by atoms with Gasteiger partial charge in [0.25, 0.3) is 5.91 Å². The molecule has 0 saturated carbocycles. The van der Waals surface area contributed by atoms with E-state index in [9.17, 15) is 9.59 Å². The normalized spacial score (nSPS) is 21.0. The van der Waals surface area contributed by atoms with Gasteiger partial charge in [0, 0.05) is 38.3 Å². The molecule has 0 spiro atoms. The van der Waals surface area contributed by atoms with E-state index in [1.165, 1.54) is 0 Å². The maximum absolute atomic E-state index is 13.0. The van der Waals surface area contributed by atoms with Gasteiger partial charge in [-0.15, -0.1) is 0 Å². The van der Waals surface area contributed by atoms with Crippen molar-refractivity contribution in [3.05, 3.63) is 35.4 Å². The lowest BCUT2D eigenvalue weighted by Crippen LogP contribution is -2.49. The second kappa shape index (κ2) is 10.0. The molecule has 1 unspecified atom stereocenters. The van der Waals surface area contributed by atoms with E-state index in [-0.39, 0.29) is 23.8 Å². The van der Waals surface area contributed by atoms with Crippen LogP contribution in [0.4, 0.5) is 0 Å². The van der Waals surface area contributed by atoms with Gasteiger partial charge in [0.1, 0.15) is 0 Å². The Morgan fingerprint density at radius 3 is 2.46 bits per heavy atom. The summed E-state index contributed by atoms with van der Waals surface area (Å²) in [5.74, 6) is 0.143. The maximum atomic E-state index is 13.0. The number of nitrogens with two attached hydrogens (primary N) is 1. The van der Waals surface area contributed by atoms with Crippen LogP contribution in [0.25, 0.3) is 0 Å². The van der Waals surface area contributed by atoms with Crippen LogP contribution in [-0.4, -0.2) is 67.0 Å². The van der Waals surface area contributed by atoms with Crippen LogP contribution in [0.2, 0.25) is 0 Å². The van der Waals surface area contributed by atoms with Gasteiger partial charge in [-0.3, -0.25) is 9.59 Å². The van der Waals surface area contributed by atoms with Gasteiger partial charge >= 0.3 is 0 Å². The number of likely N-dealkylation sites (tertiary alicyclic amines) is 2. The monoisotopic (exact) mass is 387 g/mol. The Morgan fingerprint density at radius 2 is 1.79 bits per heavy atom. The molecule has 1 atom stereocenters. The Labute approximate surface area is 168 Å². The third-order valence-corrected chi connectivity index (χ3v) is 5.81. The summed E-state index contributed by atoms with van der Waals surface area (Å²) < 4.78 is 5.83. The molecule has 2 fully saturated rings. The number of piperidine rings is 2. The summed E-state index contributed by atoms with van der Waals surface area (Å²) in [7, 11) is 0. The van der Waals surface area contributed by atoms with Crippen LogP contribution < -0.4 is 5.73 Å². The summed E-state index contributed by atoms with van der Waals surface area (Å²) in [5.41, 5.74) is 7.34. The van der Waals surface area contributed by atoms with Crippen LogP contribution in [0.15, 0.2) is 24.3 Å². The molecule has 2 aliphatic rings. The lowest BCUT2D eigenvalue weighted by atomic mass is 9.94. The summed E-state index contributed by atoms with van der Waals surface area (Å²) in [6.07, 6.45) is 4.63. The maximum Gasteiger partial charge on any atom is 0.253 e. The van der Waals surface area contributed by atoms with E-state index in [4.69, 9.17) is 10.5 Å². The molecule has 6 heteroatoms. The van der Waals surface area contributed by atoms with Gasteiger partial charge in [-0.2, -0.15) is 0 Å². The highest BCUT2D eigenvalue weighted by Crippen LogP contribution is 2.23. The molecule has 1 aromatic rings. The SMILES string of the molecule is Cc1ccc(C(=O)N2CCCC(C(=O)N3CCC(OCCCN)CC3)C2)cc1. The summed E-state index contributed by atoms with van der Waals surface area (Å²) in [5, 5.41) is 0. The van der Waals surface area contributed by atoms with E-state index in [0.29, 0.717) is 25.3 Å². The van der Waals surface area contributed by atoms with Gasteiger partial charge in [-0.1, -0.05) is 17.7 Å². The molecule has 2 N–H and O–H groups in total. The number of amides is 2. The molecule has 28 heavy (non-hydrogen) atoms. The average molecular weight is 388 g/mol. The molecular formula is C22H33N3O3. The first kappa shape index (κ1) is 20.8. The molecule has 2 amide bonds. The highest BCUT2D eigenvalue weighted by molar-refractivity contribution is 5.94. The van der Waals surface area contributed by atoms with Crippen molar-refractivity contribution in [3.63, 3.8) is 0 Å². The number of nitrogens with zero attached hydrogens (tertiary/aromatic N) is 2. The molecule has 3 rings (SSSR count). The fourth-order valence-electron chi connectivity index (χ4n) is 4.08. The summed E-state index contributed by atoms with van der Waals surface area (Å²) in [4.78, 5) is 29.6. The third-order valence-electron chi connectivity index (χ3n) is 5.81. The number of hydrogen-bond donors (Lipinski definition) is 1. The zero-order valence-electron chi connectivity index (χ0n) is 16.9. The van der Waals surface area contributed by atoms with Gasteiger partial charge in [0.05, 0.1) is 12.0 Å². The van der Waals surface area contributed by atoms with Crippen molar-refractivity contribution in [1.29, 1.82) is 0 Å². The quantitative estimate of drug-likeness (QED) is 0.760. The van der Waals surface area contributed by atoms with Crippen LogP contribution in [0, 0.1) is 12.8 Å². The molecule has 0 aliphatic carbocycles. The van der Waals surface area contributed by atoms with Gasteiger partial charge in [-0.25, -0.2) is 0 Å². The number of ether oxygens (including phenoxy) is 1. The van der Waals surface area contributed by atoms with Crippen molar-refractivity contribution in [2.24, 2.45) is 11.7 Å². The van der Waals surface area contributed by atoms with E-state index in [1.807, 2.05) is 41.0 Å².